The van der Waals surface area contributed by atoms with Gasteiger partial charge in [-0.3, -0.25) is 0 Å². The first-order valence-electron chi connectivity index (χ1n) is 7.19. The van der Waals surface area contributed by atoms with Crippen molar-refractivity contribution in [3.05, 3.63) is 0 Å². The molecule has 2 atom stereocenters. The molecule has 1 fully saturated rings. The highest BCUT2D eigenvalue weighted by Gasteiger charge is 2.31. The molecule has 0 aromatic carbocycles. The van der Waals surface area contributed by atoms with Gasteiger partial charge in [-0.1, -0.05) is 26.7 Å². The smallest absolute Gasteiger partial charge is 0.0443 e. The fraction of sp³-hybridized carbons (Fsp3) is 1.00. The van der Waals surface area contributed by atoms with Gasteiger partial charge in [-0.15, -0.1) is 0 Å². The molecule has 3 nitrogen and oxygen atoms in total. The number of aliphatic hydroxyl groups excluding tert-OH is 1. The summed E-state index contributed by atoms with van der Waals surface area (Å²) in [4.78, 5) is 0. The third-order valence-electron chi connectivity index (χ3n) is 4.39. The third kappa shape index (κ3) is 4.57. The molecule has 0 saturated heterocycles. The van der Waals surface area contributed by atoms with Gasteiger partial charge in [-0.2, -0.15) is 0 Å². The van der Waals surface area contributed by atoms with Gasteiger partial charge in [0.15, 0.2) is 0 Å². The molecule has 0 aliphatic heterocycles. The molecule has 0 heterocycles. The van der Waals surface area contributed by atoms with E-state index in [1.165, 1.54) is 32.1 Å². The highest BCUT2D eigenvalue weighted by Crippen LogP contribution is 2.33. The van der Waals surface area contributed by atoms with Gasteiger partial charge < -0.3 is 16.2 Å². The minimum atomic E-state index is 0.138. The van der Waals surface area contributed by atoms with E-state index in [4.69, 9.17) is 10.8 Å². The molecule has 1 rings (SSSR count). The highest BCUT2D eigenvalue weighted by molar-refractivity contribution is 4.92. The zero-order valence-electron chi connectivity index (χ0n) is 11.5. The van der Waals surface area contributed by atoms with Crippen molar-refractivity contribution in [2.24, 2.45) is 17.6 Å². The molecule has 1 aliphatic carbocycles. The maximum Gasteiger partial charge on any atom is 0.0443 e. The minimum Gasteiger partial charge on any atom is -0.396 e. The summed E-state index contributed by atoms with van der Waals surface area (Å²) in [6, 6.07) is 0. The summed E-state index contributed by atoms with van der Waals surface area (Å²) >= 11 is 0. The lowest BCUT2D eigenvalue weighted by Crippen LogP contribution is -2.51. The Morgan fingerprint density at radius 2 is 2.12 bits per heavy atom. The first kappa shape index (κ1) is 14.9. The van der Waals surface area contributed by atoms with Crippen molar-refractivity contribution in [1.29, 1.82) is 0 Å². The van der Waals surface area contributed by atoms with E-state index < -0.39 is 0 Å². The summed E-state index contributed by atoms with van der Waals surface area (Å²) in [5, 5.41) is 12.5. The van der Waals surface area contributed by atoms with Gasteiger partial charge in [0.05, 0.1) is 0 Å². The molecule has 1 saturated carbocycles. The van der Waals surface area contributed by atoms with Gasteiger partial charge in [0.25, 0.3) is 0 Å². The van der Waals surface area contributed by atoms with Gasteiger partial charge in [-0.25, -0.2) is 0 Å². The quantitative estimate of drug-likeness (QED) is 0.492. The molecule has 0 spiro atoms. The summed E-state index contributed by atoms with van der Waals surface area (Å²) < 4.78 is 0. The van der Waals surface area contributed by atoms with Crippen LogP contribution in [-0.2, 0) is 0 Å². The van der Waals surface area contributed by atoms with Crippen LogP contribution in [0.4, 0.5) is 0 Å². The summed E-state index contributed by atoms with van der Waals surface area (Å²) in [6.45, 7) is 6.55. The predicted octanol–water partition coefficient (Wildman–Crippen LogP) is 1.89. The lowest BCUT2D eigenvalue weighted by Gasteiger charge is -2.33. The van der Waals surface area contributed by atoms with Gasteiger partial charge in [0.2, 0.25) is 0 Å². The number of rotatable bonds is 6. The van der Waals surface area contributed by atoms with E-state index in [-0.39, 0.29) is 12.1 Å². The second kappa shape index (κ2) is 7.34. The lowest BCUT2D eigenvalue weighted by molar-refractivity contribution is 0.249. The van der Waals surface area contributed by atoms with Gasteiger partial charge in [0, 0.05) is 18.7 Å². The average molecular weight is 242 g/mol. The third-order valence-corrected chi connectivity index (χ3v) is 4.39. The van der Waals surface area contributed by atoms with Crippen molar-refractivity contribution in [2.45, 2.75) is 57.9 Å². The summed E-state index contributed by atoms with van der Waals surface area (Å²) in [7, 11) is 0. The Hall–Kier alpha value is -0.120. The van der Waals surface area contributed by atoms with Crippen LogP contribution in [0, 0.1) is 11.8 Å². The summed E-state index contributed by atoms with van der Waals surface area (Å²) in [5.41, 5.74) is 6.12. The van der Waals surface area contributed by atoms with Crippen LogP contribution in [0.25, 0.3) is 0 Å². The van der Waals surface area contributed by atoms with Crippen LogP contribution in [0.2, 0.25) is 0 Å². The Morgan fingerprint density at radius 1 is 1.35 bits per heavy atom. The van der Waals surface area contributed by atoms with Crippen molar-refractivity contribution in [3.8, 4) is 0 Å². The highest BCUT2D eigenvalue weighted by atomic mass is 16.3. The average Bonchev–Trinajstić information content (AvgIpc) is 2.53. The first-order chi connectivity index (χ1) is 8.13. The Balaban J connectivity index is 2.49. The fourth-order valence-electron chi connectivity index (χ4n) is 2.99. The second-order valence-electron chi connectivity index (χ2n) is 5.92. The van der Waals surface area contributed by atoms with Crippen molar-refractivity contribution in [3.63, 3.8) is 0 Å². The monoisotopic (exact) mass is 242 g/mol. The van der Waals surface area contributed by atoms with E-state index >= 15 is 0 Å². The van der Waals surface area contributed by atoms with Crippen LogP contribution in [0.1, 0.15) is 52.4 Å². The molecule has 4 N–H and O–H groups in total. The zero-order valence-corrected chi connectivity index (χ0v) is 11.5. The van der Waals surface area contributed by atoms with E-state index in [0.29, 0.717) is 0 Å². The molecule has 0 amide bonds. The number of hydrogen-bond acceptors (Lipinski definition) is 3. The predicted molar refractivity (Wildman–Crippen MR) is 72.9 cm³/mol. The first-order valence-corrected chi connectivity index (χ1v) is 7.19. The fourth-order valence-corrected chi connectivity index (χ4v) is 2.99. The molecular weight excluding hydrogens is 212 g/mol. The minimum absolute atomic E-state index is 0.138. The second-order valence-corrected chi connectivity index (χ2v) is 5.92. The van der Waals surface area contributed by atoms with Crippen LogP contribution in [0.15, 0.2) is 0 Å². The number of aliphatic hydroxyl groups is 1. The molecule has 0 aromatic heterocycles. The Bertz CT molecular complexity index is 208. The Labute approximate surface area is 106 Å². The van der Waals surface area contributed by atoms with E-state index in [1.54, 1.807) is 0 Å². The molecule has 1 aliphatic rings. The van der Waals surface area contributed by atoms with Gasteiger partial charge >= 0.3 is 0 Å². The molecule has 3 heteroatoms. The van der Waals surface area contributed by atoms with Crippen molar-refractivity contribution < 1.29 is 5.11 Å². The topological polar surface area (TPSA) is 58.3 Å². The standard InChI is InChI=1S/C14H30N2O/c1-12(2)13-5-3-7-14(11-15,8-6-13)16-9-4-10-17/h12-13,16-17H,3-11,15H2,1-2H3. The van der Waals surface area contributed by atoms with Crippen molar-refractivity contribution >= 4 is 0 Å². The summed E-state index contributed by atoms with van der Waals surface area (Å²) in [5.74, 6) is 1.66. The number of hydrogen-bond donors (Lipinski definition) is 3. The molecule has 0 radical (unpaired) electrons. The Kier molecular flexibility index (Phi) is 6.45. The molecular formula is C14H30N2O. The maximum absolute atomic E-state index is 8.85. The largest absolute Gasteiger partial charge is 0.396 e. The van der Waals surface area contributed by atoms with E-state index in [9.17, 15) is 0 Å². The summed E-state index contributed by atoms with van der Waals surface area (Å²) in [6.07, 6.45) is 7.14. The molecule has 0 aromatic rings. The van der Waals surface area contributed by atoms with Crippen LogP contribution in [0.5, 0.6) is 0 Å². The SMILES string of the molecule is CC(C)C1CCCC(CN)(NCCCO)CC1. The molecule has 17 heavy (non-hydrogen) atoms. The zero-order chi connectivity index (χ0) is 12.7. The number of nitrogens with one attached hydrogen (secondary N) is 1. The maximum atomic E-state index is 8.85. The Morgan fingerprint density at radius 3 is 2.71 bits per heavy atom. The van der Waals surface area contributed by atoms with Gasteiger partial charge in [-0.05, 0) is 44.1 Å². The normalized spacial score (nSPS) is 30.5. The van der Waals surface area contributed by atoms with E-state index in [0.717, 1.165) is 31.3 Å². The lowest BCUT2D eigenvalue weighted by atomic mass is 9.86. The van der Waals surface area contributed by atoms with Crippen LogP contribution < -0.4 is 11.1 Å². The van der Waals surface area contributed by atoms with Crippen LogP contribution in [0.3, 0.4) is 0 Å². The van der Waals surface area contributed by atoms with E-state index in [2.05, 4.69) is 19.2 Å². The van der Waals surface area contributed by atoms with Gasteiger partial charge in [0.1, 0.15) is 0 Å². The van der Waals surface area contributed by atoms with Crippen molar-refractivity contribution in [2.75, 3.05) is 19.7 Å². The van der Waals surface area contributed by atoms with Crippen molar-refractivity contribution in [1.82, 2.24) is 5.32 Å². The van der Waals surface area contributed by atoms with Crippen LogP contribution in [-0.4, -0.2) is 30.3 Å². The molecule has 102 valence electrons. The number of nitrogens with two attached hydrogens (primary N) is 1. The van der Waals surface area contributed by atoms with E-state index in [1.807, 2.05) is 0 Å². The molecule has 0 bridgehead atoms. The van der Waals surface area contributed by atoms with Crippen LogP contribution >= 0.6 is 0 Å². The molecule has 2 unspecified atom stereocenters.